The van der Waals surface area contributed by atoms with E-state index in [1.807, 2.05) is 55.7 Å². The van der Waals surface area contributed by atoms with E-state index in [1.165, 1.54) is 12.1 Å². The Labute approximate surface area is 207 Å². The van der Waals surface area contributed by atoms with Gasteiger partial charge < -0.3 is 10.00 Å². The topological polar surface area (TPSA) is 64.5 Å². The summed E-state index contributed by atoms with van der Waals surface area (Å²) in [6.45, 7) is 9.25. The van der Waals surface area contributed by atoms with E-state index in [0.717, 1.165) is 12.0 Å². The number of anilines is 1. The van der Waals surface area contributed by atoms with Crippen molar-refractivity contribution in [2.75, 3.05) is 25.5 Å². The number of hydrogen-bond acceptors (Lipinski definition) is 5. The number of aromatic amines is 1. The number of H-pyrrole nitrogens is 1. The van der Waals surface area contributed by atoms with E-state index >= 15 is 8.78 Å². The summed E-state index contributed by atoms with van der Waals surface area (Å²) in [6.07, 6.45) is 7.38. The molecule has 0 aliphatic carbocycles. The zero-order valence-electron chi connectivity index (χ0n) is 21.1. The molecule has 2 N–H and O–H groups in total. The zero-order valence-corrected chi connectivity index (χ0v) is 22.1. The molecule has 0 spiro atoms. The Morgan fingerprint density at radius 3 is 2.63 bits per heavy atom. The fourth-order valence-corrected chi connectivity index (χ4v) is 5.33. The predicted octanol–water partition coefficient (Wildman–Crippen LogP) is 5.40. The van der Waals surface area contributed by atoms with E-state index in [2.05, 4.69) is 20.6 Å². The molecular weight excluding hydrogens is 467 g/mol. The number of nitrogens with one attached hydrogen (secondary N) is 2. The van der Waals surface area contributed by atoms with Crippen LogP contribution in [-0.2, 0) is 6.54 Å². The second-order valence-electron chi connectivity index (χ2n) is 7.87. The fraction of sp³-hybridized carbons (Fsp3) is 0.360. The molecule has 1 aliphatic rings. The highest BCUT2D eigenvalue weighted by molar-refractivity contribution is 7.44. The number of hydrazine groups is 1. The molecule has 3 aromatic rings. The average molecular weight is 502 g/mol. The smallest absolute Gasteiger partial charge is 0.147 e. The van der Waals surface area contributed by atoms with Gasteiger partial charge in [0.2, 0.25) is 0 Å². The molecule has 7 nitrogen and oxygen atoms in total. The molecule has 10 heteroatoms. The third-order valence-electron chi connectivity index (χ3n) is 5.63. The highest BCUT2D eigenvalue weighted by Crippen LogP contribution is 2.44. The number of allylic oxidation sites excluding steroid dienone is 1. The molecule has 2 aromatic heterocycles. The van der Waals surface area contributed by atoms with E-state index in [1.54, 1.807) is 37.5 Å². The quantitative estimate of drug-likeness (QED) is 0.259. The maximum Gasteiger partial charge on any atom is 0.147 e. The molecule has 1 aliphatic heterocycles. The van der Waals surface area contributed by atoms with Crippen LogP contribution in [0, 0.1) is 11.6 Å². The molecule has 2 unspecified atom stereocenters. The molecule has 188 valence electrons. The van der Waals surface area contributed by atoms with Crippen molar-refractivity contribution in [1.82, 2.24) is 25.3 Å². The van der Waals surface area contributed by atoms with Gasteiger partial charge >= 0.3 is 0 Å². The molecule has 0 saturated carbocycles. The molecule has 1 saturated heterocycles. The summed E-state index contributed by atoms with van der Waals surface area (Å²) >= 11 is 0. The van der Waals surface area contributed by atoms with Crippen molar-refractivity contribution in [3.8, 4) is 11.1 Å². The average Bonchev–Trinajstić information content (AvgIpc) is 3.26. The van der Waals surface area contributed by atoms with Crippen molar-refractivity contribution in [1.29, 1.82) is 0 Å². The van der Waals surface area contributed by atoms with Crippen molar-refractivity contribution in [2.24, 2.45) is 5.10 Å². The second kappa shape index (κ2) is 12.1. The molecule has 4 rings (SSSR count). The first-order chi connectivity index (χ1) is 16.9. The lowest BCUT2D eigenvalue weighted by Gasteiger charge is -2.22. The number of benzene rings is 1. The maximum atomic E-state index is 15.2. The molecule has 0 radical (unpaired) electrons. The first-order valence-electron chi connectivity index (χ1n) is 11.7. The number of halogens is 2. The van der Waals surface area contributed by atoms with Crippen LogP contribution in [0.15, 0.2) is 59.5 Å². The lowest BCUT2D eigenvalue weighted by atomic mass is 10.0. The van der Waals surface area contributed by atoms with Gasteiger partial charge in [0.15, 0.2) is 0 Å². The van der Waals surface area contributed by atoms with Crippen LogP contribution >= 0.6 is 8.58 Å². The Bertz CT molecular complexity index is 1160. The van der Waals surface area contributed by atoms with Gasteiger partial charge in [-0.05, 0) is 26.0 Å². The number of nitrogens with zero attached hydrogens (tertiary/aromatic N) is 5. The Balaban J connectivity index is 0.00000167. The van der Waals surface area contributed by atoms with Crippen molar-refractivity contribution < 1.29 is 8.78 Å². The van der Waals surface area contributed by atoms with Gasteiger partial charge in [0.05, 0.1) is 17.1 Å². The van der Waals surface area contributed by atoms with Crippen LogP contribution in [0.4, 0.5) is 14.5 Å². The summed E-state index contributed by atoms with van der Waals surface area (Å²) in [6, 6.07) is 6.05. The Kier molecular flexibility index (Phi) is 9.18. The van der Waals surface area contributed by atoms with Crippen molar-refractivity contribution in [3.05, 3.63) is 71.7 Å². The van der Waals surface area contributed by atoms with Crippen molar-refractivity contribution in [3.63, 3.8) is 0 Å². The van der Waals surface area contributed by atoms with Crippen LogP contribution in [0.3, 0.4) is 0 Å². The Hall–Kier alpha value is -3.03. The number of pyridine rings is 1. The molecule has 0 amide bonds. The molecule has 35 heavy (non-hydrogen) atoms. The van der Waals surface area contributed by atoms with Crippen LogP contribution in [0.5, 0.6) is 0 Å². The van der Waals surface area contributed by atoms with Crippen LogP contribution in [0.2, 0.25) is 0 Å². The maximum absolute atomic E-state index is 15.2. The number of hydrazone groups is 1. The van der Waals surface area contributed by atoms with E-state index < -0.39 is 11.6 Å². The lowest BCUT2D eigenvalue weighted by molar-refractivity contribution is 0.275. The summed E-state index contributed by atoms with van der Waals surface area (Å²) in [4.78, 5) is 6.28. The van der Waals surface area contributed by atoms with Gasteiger partial charge in [0.25, 0.3) is 0 Å². The molecular formula is C25H34F2N7P. The molecule has 1 aromatic carbocycles. The minimum Gasteiger partial charge on any atom is -0.339 e. The summed E-state index contributed by atoms with van der Waals surface area (Å²) in [5.41, 5.74) is 6.59. The second-order valence-corrected chi connectivity index (χ2v) is 9.49. The van der Waals surface area contributed by atoms with E-state index in [-0.39, 0.29) is 11.3 Å². The summed E-state index contributed by atoms with van der Waals surface area (Å²) in [5, 5.41) is 8.99. The number of rotatable bonds is 7. The van der Waals surface area contributed by atoms with Gasteiger partial charge in [-0.3, -0.25) is 9.67 Å². The van der Waals surface area contributed by atoms with E-state index in [4.69, 9.17) is 0 Å². The summed E-state index contributed by atoms with van der Waals surface area (Å²) < 4.78 is 32.4. The minimum atomic E-state index is -0.476. The lowest BCUT2D eigenvalue weighted by Crippen LogP contribution is -2.26. The number of aromatic nitrogens is 3. The monoisotopic (exact) mass is 501 g/mol. The van der Waals surface area contributed by atoms with Crippen LogP contribution in [0.1, 0.15) is 33.4 Å². The summed E-state index contributed by atoms with van der Waals surface area (Å²) in [7, 11) is 4.07. The van der Waals surface area contributed by atoms with Gasteiger partial charge in [0.1, 0.15) is 11.6 Å². The highest BCUT2D eigenvalue weighted by atomic mass is 31.1. The number of hydrogen-bond donors (Lipinski definition) is 2. The standard InChI is InChI=1S/C23H28F2N7P.C2H6/c1-5-23-32(14-17(33-23)13-31-9-8-28-31)22-11-19(24)18(10-20(22)25)16-6-7-21(27-12-16)15(2)29-30(4)26-3;1-2/h5-12,17,26,28,33H,13-14H2,1-4H3;1-2H3/b23-5?,29-15+;. The van der Waals surface area contributed by atoms with Gasteiger partial charge in [-0.1, -0.05) is 34.6 Å². The zero-order chi connectivity index (χ0) is 25.5. The molecule has 3 heterocycles. The van der Waals surface area contributed by atoms with Crippen molar-refractivity contribution in [2.45, 2.75) is 39.9 Å². The highest BCUT2D eigenvalue weighted by Gasteiger charge is 2.30. The molecule has 2 atom stereocenters. The van der Waals surface area contributed by atoms with Crippen LogP contribution < -0.4 is 10.3 Å². The summed E-state index contributed by atoms with van der Waals surface area (Å²) in [5.74, 6) is -0.925. The Morgan fingerprint density at radius 1 is 1.31 bits per heavy atom. The van der Waals surface area contributed by atoms with Crippen LogP contribution in [0.25, 0.3) is 11.1 Å². The normalized spacial score (nSPS) is 17.7. The van der Waals surface area contributed by atoms with Gasteiger partial charge in [0, 0.05) is 74.1 Å². The fourth-order valence-electron chi connectivity index (χ4n) is 3.81. The van der Waals surface area contributed by atoms with Gasteiger partial charge in [-0.25, -0.2) is 19.3 Å². The van der Waals surface area contributed by atoms with Crippen LogP contribution in [-0.4, -0.2) is 51.9 Å². The minimum absolute atomic E-state index is 0.187. The largest absolute Gasteiger partial charge is 0.339 e. The molecule has 1 fully saturated rings. The third kappa shape index (κ3) is 6.16. The van der Waals surface area contributed by atoms with Gasteiger partial charge in [-0.2, -0.15) is 5.10 Å². The van der Waals surface area contributed by atoms with Gasteiger partial charge in [-0.15, -0.1) is 0 Å². The first kappa shape index (κ1) is 26.6. The molecule has 0 bridgehead atoms. The van der Waals surface area contributed by atoms with Crippen molar-refractivity contribution >= 4 is 20.0 Å². The van der Waals surface area contributed by atoms with E-state index in [0.29, 0.717) is 37.8 Å². The Morgan fingerprint density at radius 2 is 2.06 bits per heavy atom. The third-order valence-corrected chi connectivity index (χ3v) is 7.25. The SMILES string of the molecule is CC.CC=C1PC(Cn2cc[nH]2)CN1c1cc(F)c(-c2ccc(/C(C)=N/N(C)NC)nc2)cc1F. The first-order valence-corrected chi connectivity index (χ1v) is 12.8. The van der Waals surface area contributed by atoms with E-state index in [9.17, 15) is 0 Å². The predicted molar refractivity (Wildman–Crippen MR) is 142 cm³/mol.